The fourth-order valence-electron chi connectivity index (χ4n) is 3.45. The van der Waals surface area contributed by atoms with Gasteiger partial charge in [-0.25, -0.2) is 0 Å². The number of aliphatic carboxylic acids is 1. The molecule has 1 aliphatic rings. The maximum absolute atomic E-state index is 13.3. The third-order valence-corrected chi connectivity index (χ3v) is 5.15. The summed E-state index contributed by atoms with van der Waals surface area (Å²) in [5.74, 6) is -2.56. The molecule has 0 spiro atoms. The standard InChI is InChI=1S/C19H20F3N3O3/c1-12-9-13(2)25(23-12)10-14-3-5-15(6-4-14)16(26)24-8-7-18(11-24,17(27)28)19(20,21)22/h3-6,9H,7-8,10-11H2,1-2H3,(H,27,28). The number of benzene rings is 1. The molecule has 0 aliphatic carbocycles. The van der Waals surface area contributed by atoms with Crippen molar-refractivity contribution in [3.8, 4) is 0 Å². The molecule has 1 saturated heterocycles. The van der Waals surface area contributed by atoms with Gasteiger partial charge in [0, 0.05) is 24.3 Å². The molecule has 1 atom stereocenters. The van der Waals surface area contributed by atoms with Gasteiger partial charge in [0.25, 0.3) is 5.91 Å². The van der Waals surface area contributed by atoms with Crippen molar-refractivity contribution in [2.45, 2.75) is 33.0 Å². The van der Waals surface area contributed by atoms with Crippen molar-refractivity contribution in [3.63, 3.8) is 0 Å². The minimum atomic E-state index is -4.92. The van der Waals surface area contributed by atoms with Gasteiger partial charge in [-0.15, -0.1) is 0 Å². The molecule has 1 aliphatic heterocycles. The van der Waals surface area contributed by atoms with Gasteiger partial charge in [0.05, 0.1) is 12.2 Å². The smallest absolute Gasteiger partial charge is 0.406 e. The van der Waals surface area contributed by atoms with Crippen molar-refractivity contribution in [2.75, 3.05) is 13.1 Å². The number of carbonyl (C=O) groups excluding carboxylic acids is 1. The number of hydrogen-bond acceptors (Lipinski definition) is 3. The molecule has 1 N–H and O–H groups in total. The molecule has 1 unspecified atom stereocenters. The largest absolute Gasteiger partial charge is 0.481 e. The van der Waals surface area contributed by atoms with E-state index >= 15 is 0 Å². The number of nitrogens with zero attached hydrogens (tertiary/aromatic N) is 3. The average Bonchev–Trinajstić information content (AvgIpc) is 3.19. The molecule has 1 aromatic heterocycles. The Morgan fingerprint density at radius 3 is 2.32 bits per heavy atom. The fraction of sp³-hybridized carbons (Fsp3) is 0.421. The number of amides is 1. The summed E-state index contributed by atoms with van der Waals surface area (Å²) >= 11 is 0. The van der Waals surface area contributed by atoms with Crippen molar-refractivity contribution >= 4 is 11.9 Å². The van der Waals surface area contributed by atoms with Crippen molar-refractivity contribution in [1.82, 2.24) is 14.7 Å². The van der Waals surface area contributed by atoms with Crippen molar-refractivity contribution in [1.29, 1.82) is 0 Å². The van der Waals surface area contributed by atoms with Crippen molar-refractivity contribution in [3.05, 3.63) is 52.8 Å². The molecule has 1 fully saturated rings. The molecule has 1 amide bonds. The van der Waals surface area contributed by atoms with Gasteiger partial charge in [0.2, 0.25) is 0 Å². The SMILES string of the molecule is Cc1cc(C)n(Cc2ccc(C(=O)N3CCC(C(=O)O)(C(F)(F)F)C3)cc2)n1. The summed E-state index contributed by atoms with van der Waals surface area (Å²) in [6.45, 7) is 3.20. The van der Waals surface area contributed by atoms with E-state index in [0.717, 1.165) is 21.9 Å². The molecule has 28 heavy (non-hydrogen) atoms. The number of carbonyl (C=O) groups is 2. The number of rotatable bonds is 4. The van der Waals surface area contributed by atoms with Gasteiger partial charge in [-0.3, -0.25) is 14.3 Å². The molecule has 0 radical (unpaired) electrons. The highest BCUT2D eigenvalue weighted by Crippen LogP contribution is 2.46. The second-order valence-electron chi connectivity index (χ2n) is 7.14. The van der Waals surface area contributed by atoms with E-state index < -0.39 is 36.4 Å². The number of carboxylic acids is 1. The van der Waals surface area contributed by atoms with Crippen LogP contribution in [-0.2, 0) is 11.3 Å². The molecule has 2 aromatic rings. The molecule has 1 aromatic carbocycles. The van der Waals surface area contributed by atoms with Gasteiger partial charge >= 0.3 is 12.1 Å². The first-order valence-corrected chi connectivity index (χ1v) is 8.73. The van der Waals surface area contributed by atoms with Crippen LogP contribution in [-0.4, -0.2) is 50.9 Å². The lowest BCUT2D eigenvalue weighted by Gasteiger charge is -2.27. The number of hydrogen-bond donors (Lipinski definition) is 1. The van der Waals surface area contributed by atoms with Gasteiger partial charge in [-0.2, -0.15) is 18.3 Å². The van der Waals surface area contributed by atoms with E-state index in [2.05, 4.69) is 5.10 Å². The van der Waals surface area contributed by atoms with Gasteiger partial charge in [0.1, 0.15) is 0 Å². The minimum absolute atomic E-state index is 0.223. The molecule has 0 bridgehead atoms. The maximum atomic E-state index is 13.3. The summed E-state index contributed by atoms with van der Waals surface area (Å²) in [7, 11) is 0. The third kappa shape index (κ3) is 3.48. The Labute approximate surface area is 159 Å². The normalized spacial score (nSPS) is 19.8. The van der Waals surface area contributed by atoms with Gasteiger partial charge < -0.3 is 10.0 Å². The molecule has 6 nitrogen and oxygen atoms in total. The summed E-state index contributed by atoms with van der Waals surface area (Å²) in [4.78, 5) is 24.8. The lowest BCUT2D eigenvalue weighted by Crippen LogP contribution is -2.47. The van der Waals surface area contributed by atoms with Crippen LogP contribution in [0.3, 0.4) is 0 Å². The van der Waals surface area contributed by atoms with Gasteiger partial charge in [-0.05, 0) is 44.0 Å². The second kappa shape index (κ2) is 6.96. The lowest BCUT2D eigenvalue weighted by atomic mass is 9.86. The fourth-order valence-corrected chi connectivity index (χ4v) is 3.45. The summed E-state index contributed by atoms with van der Waals surface area (Å²) in [6, 6.07) is 8.46. The molecule has 9 heteroatoms. The average molecular weight is 395 g/mol. The molecular formula is C19H20F3N3O3. The van der Waals surface area contributed by atoms with Gasteiger partial charge in [0.15, 0.2) is 5.41 Å². The van der Waals surface area contributed by atoms with Crippen LogP contribution in [0.5, 0.6) is 0 Å². The van der Waals surface area contributed by atoms with Crippen LogP contribution < -0.4 is 0 Å². The molecule has 3 rings (SSSR count). The topological polar surface area (TPSA) is 75.4 Å². The Bertz CT molecular complexity index is 905. The second-order valence-corrected chi connectivity index (χ2v) is 7.14. The Balaban J connectivity index is 1.73. The Kier molecular flexibility index (Phi) is 4.95. The van der Waals surface area contributed by atoms with E-state index in [4.69, 9.17) is 5.11 Å². The van der Waals surface area contributed by atoms with Crippen LogP contribution >= 0.6 is 0 Å². The summed E-state index contributed by atoms with van der Waals surface area (Å²) in [6.07, 6.45) is -5.56. The van der Waals surface area contributed by atoms with E-state index in [9.17, 15) is 22.8 Å². The lowest BCUT2D eigenvalue weighted by molar-refractivity contribution is -0.227. The predicted molar refractivity (Wildman–Crippen MR) is 93.9 cm³/mol. The zero-order chi connectivity index (χ0) is 20.7. The highest BCUT2D eigenvalue weighted by Gasteiger charge is 2.64. The predicted octanol–water partition coefficient (Wildman–Crippen LogP) is 3.03. The van der Waals surface area contributed by atoms with E-state index in [-0.39, 0.29) is 12.1 Å². The number of aromatic nitrogens is 2. The highest BCUT2D eigenvalue weighted by atomic mass is 19.4. The molecule has 150 valence electrons. The Hall–Kier alpha value is -2.84. The highest BCUT2D eigenvalue weighted by molar-refractivity contribution is 5.95. The first kappa shape index (κ1) is 19.9. The molecular weight excluding hydrogens is 375 g/mol. The monoisotopic (exact) mass is 395 g/mol. The van der Waals surface area contributed by atoms with Crippen molar-refractivity contribution in [2.24, 2.45) is 5.41 Å². The minimum Gasteiger partial charge on any atom is -0.481 e. The Morgan fingerprint density at radius 1 is 1.21 bits per heavy atom. The molecule has 0 saturated carbocycles. The van der Waals surface area contributed by atoms with E-state index in [1.807, 2.05) is 24.6 Å². The number of halogens is 3. The summed E-state index contributed by atoms with van der Waals surface area (Å²) < 4.78 is 41.6. The number of likely N-dealkylation sites (tertiary alicyclic amines) is 1. The zero-order valence-corrected chi connectivity index (χ0v) is 15.5. The Morgan fingerprint density at radius 2 is 1.86 bits per heavy atom. The van der Waals surface area contributed by atoms with E-state index in [1.54, 1.807) is 12.1 Å². The van der Waals surface area contributed by atoms with E-state index in [1.165, 1.54) is 12.1 Å². The van der Waals surface area contributed by atoms with E-state index in [0.29, 0.717) is 6.54 Å². The maximum Gasteiger partial charge on any atom is 0.406 e. The third-order valence-electron chi connectivity index (χ3n) is 5.15. The van der Waals surface area contributed by atoms with Crippen LogP contribution in [0.25, 0.3) is 0 Å². The van der Waals surface area contributed by atoms with Gasteiger partial charge in [-0.1, -0.05) is 12.1 Å². The summed E-state index contributed by atoms with van der Waals surface area (Å²) in [5, 5.41) is 13.5. The van der Waals surface area contributed by atoms with Crippen molar-refractivity contribution < 1.29 is 27.9 Å². The number of alkyl halides is 3. The van der Waals surface area contributed by atoms with Crippen LogP contribution in [0.1, 0.15) is 33.7 Å². The number of aryl methyl sites for hydroxylation is 2. The van der Waals surface area contributed by atoms with Crippen LogP contribution in [0.4, 0.5) is 13.2 Å². The van der Waals surface area contributed by atoms with Crippen LogP contribution in [0.2, 0.25) is 0 Å². The zero-order valence-electron chi connectivity index (χ0n) is 15.5. The molecule has 2 heterocycles. The first-order valence-electron chi connectivity index (χ1n) is 8.73. The first-order chi connectivity index (χ1) is 13.0. The quantitative estimate of drug-likeness (QED) is 0.864. The summed E-state index contributed by atoms with van der Waals surface area (Å²) in [5.41, 5.74) is 0.0922. The number of carboxylic acid groups (broad SMARTS) is 1. The van der Waals surface area contributed by atoms with Crippen LogP contribution in [0.15, 0.2) is 30.3 Å². The van der Waals surface area contributed by atoms with Crippen LogP contribution in [0, 0.1) is 19.3 Å².